The summed E-state index contributed by atoms with van der Waals surface area (Å²) in [6.07, 6.45) is -5.09. The fraction of sp³-hybridized carbons (Fsp3) is 0.478. The van der Waals surface area contributed by atoms with E-state index in [1.807, 2.05) is 17.5 Å². The van der Waals surface area contributed by atoms with E-state index in [4.69, 9.17) is 9.47 Å². The summed E-state index contributed by atoms with van der Waals surface area (Å²) in [6.45, 7) is 3.23. The van der Waals surface area contributed by atoms with Crippen molar-refractivity contribution in [2.45, 2.75) is 32.9 Å². The van der Waals surface area contributed by atoms with Crippen molar-refractivity contribution in [3.8, 4) is 11.8 Å². The first kappa shape index (κ1) is 23.1. The number of alkyl halides is 3. The molecule has 1 aliphatic rings. The van der Waals surface area contributed by atoms with Gasteiger partial charge >= 0.3 is 18.1 Å². The molecule has 1 aromatic heterocycles. The van der Waals surface area contributed by atoms with Gasteiger partial charge < -0.3 is 9.47 Å². The van der Waals surface area contributed by atoms with Crippen LogP contribution in [0.1, 0.15) is 32.3 Å². The third kappa shape index (κ3) is 4.29. The van der Waals surface area contributed by atoms with Gasteiger partial charge in [0.05, 0.1) is 14.2 Å². The van der Waals surface area contributed by atoms with E-state index >= 15 is 0 Å². The Morgan fingerprint density at radius 1 is 1.16 bits per heavy atom. The first-order valence-corrected chi connectivity index (χ1v) is 10.5. The lowest BCUT2D eigenvalue weighted by Crippen LogP contribution is -2.40. The van der Waals surface area contributed by atoms with Gasteiger partial charge in [-0.3, -0.25) is 9.59 Å². The molecule has 166 valence electrons. The molecule has 0 saturated heterocycles. The van der Waals surface area contributed by atoms with Gasteiger partial charge in [0.25, 0.3) is 0 Å². The van der Waals surface area contributed by atoms with E-state index in [9.17, 15) is 22.8 Å². The summed E-state index contributed by atoms with van der Waals surface area (Å²) < 4.78 is 52.8. The van der Waals surface area contributed by atoms with E-state index in [1.165, 1.54) is 11.3 Å². The summed E-state index contributed by atoms with van der Waals surface area (Å²) in [6, 6.07) is 7.18. The van der Waals surface area contributed by atoms with E-state index in [0.717, 1.165) is 24.3 Å². The second kappa shape index (κ2) is 8.19. The Balaban J connectivity index is 2.02. The second-order valence-corrected chi connectivity index (χ2v) is 9.45. The molecule has 0 spiro atoms. The van der Waals surface area contributed by atoms with Crippen LogP contribution in [0.25, 0.3) is 10.1 Å². The van der Waals surface area contributed by atoms with Crippen LogP contribution >= 0.6 is 11.3 Å². The van der Waals surface area contributed by atoms with Gasteiger partial charge in [0.1, 0.15) is 5.92 Å². The molecule has 1 aliphatic carbocycles. The normalized spacial score (nSPS) is 20.5. The molecule has 0 N–H and O–H groups in total. The summed E-state index contributed by atoms with van der Waals surface area (Å²) in [5.41, 5.74) is -2.31. The maximum Gasteiger partial charge on any atom is 0.402 e. The van der Waals surface area contributed by atoms with Crippen LogP contribution in [0.3, 0.4) is 0 Å². The molecule has 3 rings (SSSR count). The Morgan fingerprint density at radius 3 is 2.39 bits per heavy atom. The second-order valence-electron chi connectivity index (χ2n) is 8.50. The van der Waals surface area contributed by atoms with Crippen molar-refractivity contribution >= 4 is 33.4 Å². The number of benzene rings is 1. The average Bonchev–Trinajstić information content (AvgIpc) is 3.28. The molecule has 1 saturated carbocycles. The van der Waals surface area contributed by atoms with Crippen molar-refractivity contribution in [1.82, 2.24) is 0 Å². The lowest BCUT2D eigenvalue weighted by Gasteiger charge is -2.32. The summed E-state index contributed by atoms with van der Waals surface area (Å²) in [5, 5.41) is 2.90. The quantitative estimate of drug-likeness (QED) is 0.365. The fourth-order valence-electron chi connectivity index (χ4n) is 4.59. The molecule has 4 nitrogen and oxygen atoms in total. The van der Waals surface area contributed by atoms with Gasteiger partial charge in [-0.15, -0.1) is 11.3 Å². The zero-order chi connectivity index (χ0) is 23.0. The highest BCUT2D eigenvalue weighted by molar-refractivity contribution is 7.17. The predicted octanol–water partition coefficient (Wildman–Crippen LogP) is 5.20. The number of fused-ring (bicyclic) bond motifs is 1. The highest BCUT2D eigenvalue weighted by atomic mass is 32.1. The minimum absolute atomic E-state index is 0.112. The first-order chi connectivity index (χ1) is 14.4. The fourth-order valence-corrected chi connectivity index (χ4v) is 5.42. The van der Waals surface area contributed by atoms with Crippen LogP contribution in [0.2, 0.25) is 0 Å². The van der Waals surface area contributed by atoms with E-state index in [1.54, 1.807) is 26.0 Å². The smallest absolute Gasteiger partial charge is 0.402 e. The minimum atomic E-state index is -4.63. The maximum atomic E-state index is 14.1. The van der Waals surface area contributed by atoms with Crippen LogP contribution in [0.5, 0.6) is 0 Å². The number of hydrogen-bond donors (Lipinski definition) is 0. The molecule has 0 aliphatic heterocycles. The standard InChI is InChI=1S/C23H23F3O4S/c1-21(2)13-22(19(27)29-3,20(28)30-4)12-17(21)16(23(24,25)26)8-6-14-5-7-15-9-10-31-18(15)11-14/h5,7,9-11,16-17H,12-13H2,1-4H3. The molecule has 2 atom stereocenters. The third-order valence-corrected chi connectivity index (χ3v) is 6.94. The van der Waals surface area contributed by atoms with Gasteiger partial charge in [-0.2, -0.15) is 13.2 Å². The molecule has 0 bridgehead atoms. The number of methoxy groups -OCH3 is 2. The van der Waals surface area contributed by atoms with Crippen molar-refractivity contribution in [2.75, 3.05) is 14.2 Å². The van der Waals surface area contributed by atoms with Crippen LogP contribution in [0.15, 0.2) is 29.6 Å². The predicted molar refractivity (Wildman–Crippen MR) is 111 cm³/mol. The summed E-state index contributed by atoms with van der Waals surface area (Å²) >= 11 is 1.48. The van der Waals surface area contributed by atoms with Gasteiger partial charge in [0.15, 0.2) is 5.41 Å². The number of carbonyl (C=O) groups excluding carboxylic acids is 2. The Bertz CT molecular complexity index is 1040. The van der Waals surface area contributed by atoms with Crippen molar-refractivity contribution in [2.24, 2.45) is 22.7 Å². The largest absolute Gasteiger partial charge is 0.468 e. The molecule has 1 aromatic carbocycles. The number of ether oxygens (including phenoxy) is 2. The first-order valence-electron chi connectivity index (χ1n) is 9.67. The number of halogens is 3. The van der Waals surface area contributed by atoms with Gasteiger partial charge in [-0.25, -0.2) is 0 Å². The number of esters is 2. The average molecular weight is 452 g/mol. The molecular formula is C23H23F3O4S. The maximum absolute atomic E-state index is 14.1. The molecule has 2 unspecified atom stereocenters. The van der Waals surface area contributed by atoms with Crippen molar-refractivity contribution in [3.63, 3.8) is 0 Å². The van der Waals surface area contributed by atoms with Crippen LogP contribution < -0.4 is 0 Å². The minimum Gasteiger partial charge on any atom is -0.468 e. The number of carbonyl (C=O) groups is 2. The van der Waals surface area contributed by atoms with Crippen LogP contribution in [0, 0.1) is 34.5 Å². The third-order valence-electron chi connectivity index (χ3n) is 6.06. The molecule has 31 heavy (non-hydrogen) atoms. The van der Waals surface area contributed by atoms with Crippen molar-refractivity contribution in [1.29, 1.82) is 0 Å². The Labute approximate surface area is 182 Å². The highest BCUT2D eigenvalue weighted by Crippen LogP contribution is 2.58. The molecule has 2 aromatic rings. The number of thiophene rings is 1. The molecular weight excluding hydrogens is 429 g/mol. The van der Waals surface area contributed by atoms with Gasteiger partial charge in [-0.05, 0) is 53.1 Å². The molecule has 1 heterocycles. The van der Waals surface area contributed by atoms with Gasteiger partial charge in [-0.1, -0.05) is 31.8 Å². The van der Waals surface area contributed by atoms with Crippen molar-refractivity contribution in [3.05, 3.63) is 35.2 Å². The molecule has 1 fully saturated rings. The van der Waals surface area contributed by atoms with Crippen LogP contribution in [-0.2, 0) is 19.1 Å². The highest BCUT2D eigenvalue weighted by Gasteiger charge is 2.64. The monoisotopic (exact) mass is 452 g/mol. The Morgan fingerprint density at radius 2 is 1.81 bits per heavy atom. The SMILES string of the molecule is COC(=O)C1(C(=O)OC)CC(C(C#Cc2ccc3ccsc3c2)C(F)(F)F)C(C)(C)C1. The van der Waals surface area contributed by atoms with Crippen LogP contribution in [-0.4, -0.2) is 32.3 Å². The number of hydrogen-bond acceptors (Lipinski definition) is 5. The van der Waals surface area contributed by atoms with E-state index in [-0.39, 0.29) is 12.8 Å². The zero-order valence-electron chi connectivity index (χ0n) is 17.6. The lowest BCUT2D eigenvalue weighted by atomic mass is 9.74. The lowest BCUT2D eigenvalue weighted by molar-refractivity contribution is -0.181. The van der Waals surface area contributed by atoms with E-state index in [2.05, 4.69) is 11.8 Å². The van der Waals surface area contributed by atoms with E-state index < -0.39 is 40.8 Å². The molecule has 0 radical (unpaired) electrons. The molecule has 0 amide bonds. The topological polar surface area (TPSA) is 52.6 Å². The van der Waals surface area contributed by atoms with Gasteiger partial charge in [0.2, 0.25) is 0 Å². The van der Waals surface area contributed by atoms with Gasteiger partial charge in [0, 0.05) is 10.3 Å². The Kier molecular flexibility index (Phi) is 6.12. The summed E-state index contributed by atoms with van der Waals surface area (Å²) in [5.74, 6) is 0.199. The van der Waals surface area contributed by atoms with E-state index in [0.29, 0.717) is 5.56 Å². The van der Waals surface area contributed by atoms with Crippen LogP contribution in [0.4, 0.5) is 13.2 Å². The Hall–Kier alpha value is -2.53. The summed E-state index contributed by atoms with van der Waals surface area (Å²) in [7, 11) is 2.21. The zero-order valence-corrected chi connectivity index (χ0v) is 18.4. The van der Waals surface area contributed by atoms with Crippen molar-refractivity contribution < 1.29 is 32.2 Å². The summed E-state index contributed by atoms with van der Waals surface area (Å²) in [4.78, 5) is 25.0. The number of rotatable bonds is 3. The molecule has 8 heteroatoms.